The molecule has 0 unspecified atom stereocenters. The molecule has 2 heterocycles. The quantitative estimate of drug-likeness (QED) is 0.849. The SMILES string of the molecule is CCOc1ccc([C@@H]2C(C#N)=C(N)Oc3cc4c(cc32)OCO4)cc1OCC. The normalized spacial score (nSPS) is 16.8. The Labute approximate surface area is 162 Å². The first kappa shape index (κ1) is 17.9. The molecule has 0 fully saturated rings. The van der Waals surface area contributed by atoms with Crippen molar-refractivity contribution in [3.63, 3.8) is 0 Å². The smallest absolute Gasteiger partial charge is 0.231 e. The Balaban J connectivity index is 1.86. The third kappa shape index (κ3) is 2.93. The lowest BCUT2D eigenvalue weighted by Crippen LogP contribution is -2.21. The Morgan fingerprint density at radius 1 is 1.04 bits per heavy atom. The van der Waals surface area contributed by atoms with E-state index >= 15 is 0 Å². The molecule has 7 nitrogen and oxygen atoms in total. The van der Waals surface area contributed by atoms with Gasteiger partial charge in [-0.05, 0) is 37.6 Å². The van der Waals surface area contributed by atoms with Gasteiger partial charge in [0.15, 0.2) is 23.0 Å². The summed E-state index contributed by atoms with van der Waals surface area (Å²) in [6, 6.07) is 11.4. The molecule has 7 heteroatoms. The summed E-state index contributed by atoms with van der Waals surface area (Å²) in [5, 5.41) is 9.74. The van der Waals surface area contributed by atoms with Gasteiger partial charge in [-0.1, -0.05) is 6.07 Å². The van der Waals surface area contributed by atoms with Crippen LogP contribution in [0, 0.1) is 11.3 Å². The topological polar surface area (TPSA) is 96.0 Å². The van der Waals surface area contributed by atoms with Crippen LogP contribution in [0.1, 0.15) is 30.9 Å². The molecule has 144 valence electrons. The lowest BCUT2D eigenvalue weighted by molar-refractivity contribution is 0.174. The maximum atomic E-state index is 9.74. The van der Waals surface area contributed by atoms with E-state index in [0.717, 1.165) is 11.1 Å². The summed E-state index contributed by atoms with van der Waals surface area (Å²) < 4.78 is 28.0. The third-order valence-corrected chi connectivity index (χ3v) is 4.61. The number of hydrogen-bond donors (Lipinski definition) is 1. The van der Waals surface area contributed by atoms with Crippen molar-refractivity contribution in [1.82, 2.24) is 0 Å². The number of allylic oxidation sites excluding steroid dienone is 1. The van der Waals surface area contributed by atoms with Crippen molar-refractivity contribution in [3.8, 4) is 34.8 Å². The summed E-state index contributed by atoms with van der Waals surface area (Å²) in [6.07, 6.45) is 0. The van der Waals surface area contributed by atoms with Crippen LogP contribution in [0.25, 0.3) is 0 Å². The minimum Gasteiger partial charge on any atom is -0.490 e. The summed E-state index contributed by atoms with van der Waals surface area (Å²) in [5.41, 5.74) is 8.01. The molecule has 2 aromatic rings. The van der Waals surface area contributed by atoms with E-state index in [9.17, 15) is 5.26 Å². The van der Waals surface area contributed by atoms with Gasteiger partial charge in [0.1, 0.15) is 17.4 Å². The van der Waals surface area contributed by atoms with Gasteiger partial charge in [-0.15, -0.1) is 0 Å². The molecule has 0 saturated heterocycles. The van der Waals surface area contributed by atoms with Crippen LogP contribution < -0.4 is 29.4 Å². The third-order valence-electron chi connectivity index (χ3n) is 4.61. The van der Waals surface area contributed by atoms with Gasteiger partial charge in [0.25, 0.3) is 0 Å². The van der Waals surface area contributed by atoms with Gasteiger partial charge in [-0.25, -0.2) is 0 Å². The Morgan fingerprint density at radius 3 is 2.46 bits per heavy atom. The maximum absolute atomic E-state index is 9.74. The zero-order valence-corrected chi connectivity index (χ0v) is 15.7. The molecule has 0 bridgehead atoms. The molecule has 2 aromatic carbocycles. The Hall–Kier alpha value is -3.53. The minimum atomic E-state index is -0.418. The lowest BCUT2D eigenvalue weighted by atomic mass is 9.83. The Kier molecular flexibility index (Phi) is 4.62. The maximum Gasteiger partial charge on any atom is 0.231 e. The second-order valence-electron chi connectivity index (χ2n) is 6.24. The fraction of sp³-hybridized carbons (Fsp3) is 0.286. The van der Waals surface area contributed by atoms with Gasteiger partial charge < -0.3 is 29.4 Å². The van der Waals surface area contributed by atoms with Crippen LogP contribution in [0.3, 0.4) is 0 Å². The van der Waals surface area contributed by atoms with Crippen LogP contribution in [0.5, 0.6) is 28.7 Å². The number of ether oxygens (including phenoxy) is 5. The van der Waals surface area contributed by atoms with Gasteiger partial charge in [0, 0.05) is 11.6 Å². The monoisotopic (exact) mass is 380 g/mol. The van der Waals surface area contributed by atoms with Gasteiger partial charge in [-0.3, -0.25) is 0 Å². The van der Waals surface area contributed by atoms with Crippen molar-refractivity contribution in [2.24, 2.45) is 5.73 Å². The van der Waals surface area contributed by atoms with E-state index in [4.69, 9.17) is 29.4 Å². The molecule has 4 rings (SSSR count). The molecule has 0 aliphatic carbocycles. The molecule has 0 spiro atoms. The van der Waals surface area contributed by atoms with E-state index in [0.29, 0.717) is 47.5 Å². The zero-order valence-electron chi connectivity index (χ0n) is 15.7. The molecule has 2 aliphatic heterocycles. The molecule has 2 aliphatic rings. The number of rotatable bonds is 5. The summed E-state index contributed by atoms with van der Waals surface area (Å²) in [7, 11) is 0. The number of nitriles is 1. The molecular weight excluding hydrogens is 360 g/mol. The Bertz CT molecular complexity index is 993. The van der Waals surface area contributed by atoms with Crippen molar-refractivity contribution < 1.29 is 23.7 Å². The van der Waals surface area contributed by atoms with Crippen molar-refractivity contribution in [2.45, 2.75) is 19.8 Å². The first-order valence-corrected chi connectivity index (χ1v) is 9.06. The molecule has 0 aromatic heterocycles. The van der Waals surface area contributed by atoms with Gasteiger partial charge in [0.2, 0.25) is 12.7 Å². The van der Waals surface area contributed by atoms with Gasteiger partial charge in [0.05, 0.1) is 19.1 Å². The molecule has 0 amide bonds. The second kappa shape index (κ2) is 7.24. The molecular formula is C21H20N2O5. The fourth-order valence-corrected chi connectivity index (χ4v) is 3.44. The van der Waals surface area contributed by atoms with E-state index in [1.165, 1.54) is 0 Å². The highest BCUT2D eigenvalue weighted by Crippen LogP contribution is 2.48. The van der Waals surface area contributed by atoms with Crippen LogP contribution in [0.4, 0.5) is 0 Å². The minimum absolute atomic E-state index is 0.0747. The van der Waals surface area contributed by atoms with Crippen molar-refractivity contribution in [3.05, 3.63) is 52.9 Å². The number of nitrogens with zero attached hydrogens (tertiary/aromatic N) is 1. The van der Waals surface area contributed by atoms with Gasteiger partial charge >= 0.3 is 0 Å². The first-order valence-electron chi connectivity index (χ1n) is 9.06. The van der Waals surface area contributed by atoms with Crippen molar-refractivity contribution in [2.75, 3.05) is 20.0 Å². The van der Waals surface area contributed by atoms with E-state index in [2.05, 4.69) is 6.07 Å². The summed E-state index contributed by atoms with van der Waals surface area (Å²) in [6.45, 7) is 4.99. The first-order chi connectivity index (χ1) is 13.7. The van der Waals surface area contributed by atoms with E-state index < -0.39 is 5.92 Å². The summed E-state index contributed by atoms with van der Waals surface area (Å²) in [5.74, 6) is 2.67. The largest absolute Gasteiger partial charge is 0.490 e. The lowest BCUT2D eigenvalue weighted by Gasteiger charge is -2.27. The number of nitrogens with two attached hydrogens (primary N) is 1. The average Bonchev–Trinajstić information content (AvgIpc) is 3.14. The fourth-order valence-electron chi connectivity index (χ4n) is 3.44. The van der Waals surface area contributed by atoms with E-state index in [1.807, 2.05) is 38.1 Å². The van der Waals surface area contributed by atoms with Gasteiger partial charge in [-0.2, -0.15) is 5.26 Å². The van der Waals surface area contributed by atoms with Crippen LogP contribution in [-0.2, 0) is 0 Å². The standard InChI is InChI=1S/C21H20N2O5/c1-3-24-15-6-5-12(7-17(15)25-4-2)20-13-8-18-19(27-11-26-18)9-16(13)28-21(23)14(20)10-22/h5-9,20H,3-4,11,23H2,1-2H3/t20-/m0/s1. The van der Waals surface area contributed by atoms with E-state index in [1.54, 1.807) is 6.07 Å². The highest BCUT2D eigenvalue weighted by atomic mass is 16.7. The predicted molar refractivity (Wildman–Crippen MR) is 101 cm³/mol. The van der Waals surface area contributed by atoms with Crippen LogP contribution in [-0.4, -0.2) is 20.0 Å². The summed E-state index contributed by atoms with van der Waals surface area (Å²) in [4.78, 5) is 0. The highest BCUT2D eigenvalue weighted by molar-refractivity contribution is 5.62. The van der Waals surface area contributed by atoms with E-state index in [-0.39, 0.29) is 12.7 Å². The molecule has 0 radical (unpaired) electrons. The number of fused-ring (bicyclic) bond motifs is 2. The van der Waals surface area contributed by atoms with Crippen molar-refractivity contribution in [1.29, 1.82) is 5.26 Å². The van der Waals surface area contributed by atoms with Crippen LogP contribution in [0.2, 0.25) is 0 Å². The Morgan fingerprint density at radius 2 is 1.75 bits per heavy atom. The molecule has 0 saturated carbocycles. The highest BCUT2D eigenvalue weighted by Gasteiger charge is 2.33. The van der Waals surface area contributed by atoms with Crippen LogP contribution >= 0.6 is 0 Å². The van der Waals surface area contributed by atoms with Crippen LogP contribution in [0.15, 0.2) is 41.8 Å². The van der Waals surface area contributed by atoms with Crippen molar-refractivity contribution >= 4 is 0 Å². The zero-order chi connectivity index (χ0) is 19.7. The number of hydrogen-bond acceptors (Lipinski definition) is 7. The second-order valence-corrected chi connectivity index (χ2v) is 6.24. The summed E-state index contributed by atoms with van der Waals surface area (Å²) >= 11 is 0. The molecule has 28 heavy (non-hydrogen) atoms. The predicted octanol–water partition coefficient (Wildman–Crippen LogP) is 3.43. The number of benzene rings is 2. The molecule has 1 atom stereocenters. The molecule has 2 N–H and O–H groups in total. The average molecular weight is 380 g/mol.